The Kier molecular flexibility index (Phi) is 5.83. The van der Waals surface area contributed by atoms with Gasteiger partial charge in [0, 0.05) is 31.1 Å². The van der Waals surface area contributed by atoms with E-state index in [1.165, 1.54) is 20.0 Å². The summed E-state index contributed by atoms with van der Waals surface area (Å²) in [7, 11) is 1.51. The number of esters is 1. The van der Waals surface area contributed by atoms with Crippen molar-refractivity contribution in [2.24, 2.45) is 5.10 Å². The van der Waals surface area contributed by atoms with Gasteiger partial charge in [-0.05, 0) is 25.1 Å². The fourth-order valence-electron chi connectivity index (χ4n) is 2.03. The Labute approximate surface area is 143 Å². The average Bonchev–Trinajstić information content (AvgIpc) is 2.61. The van der Waals surface area contributed by atoms with Crippen LogP contribution in [-0.2, 0) is 19.1 Å². The number of ether oxygens (including phenoxy) is 1. The van der Waals surface area contributed by atoms with Crippen LogP contribution in [0.4, 0.5) is 5.69 Å². The van der Waals surface area contributed by atoms with Crippen molar-refractivity contribution in [3.05, 3.63) is 29.8 Å². The third-order valence-corrected chi connectivity index (χ3v) is 3.41. The molecule has 3 amide bonds. The van der Waals surface area contributed by atoms with Gasteiger partial charge < -0.3 is 15.4 Å². The molecule has 1 aromatic carbocycles. The standard InChI is InChI=1S/C16H18N4O5/c1-9(25-16(24)12-6-7-13(21)20-19-12)14(22)18-11-5-3-4-10(8-11)15(23)17-2/h3-5,8-9H,6-7H2,1-2H3,(H,17,23)(H,18,22)(H,20,21). The maximum absolute atomic E-state index is 12.1. The maximum atomic E-state index is 12.1. The first kappa shape index (κ1) is 18.1. The lowest BCUT2D eigenvalue weighted by Crippen LogP contribution is -2.35. The molecule has 2 rings (SSSR count). The highest BCUT2D eigenvalue weighted by Crippen LogP contribution is 2.12. The molecule has 0 saturated heterocycles. The lowest BCUT2D eigenvalue weighted by Gasteiger charge is -2.16. The van der Waals surface area contributed by atoms with Gasteiger partial charge in [-0.3, -0.25) is 14.4 Å². The third kappa shape index (κ3) is 4.87. The van der Waals surface area contributed by atoms with E-state index >= 15 is 0 Å². The van der Waals surface area contributed by atoms with Gasteiger partial charge in [0.15, 0.2) is 6.10 Å². The Morgan fingerprint density at radius 1 is 1.28 bits per heavy atom. The number of rotatable bonds is 5. The van der Waals surface area contributed by atoms with Crippen LogP contribution >= 0.6 is 0 Å². The van der Waals surface area contributed by atoms with Gasteiger partial charge in [-0.25, -0.2) is 10.2 Å². The van der Waals surface area contributed by atoms with Crippen molar-refractivity contribution in [2.75, 3.05) is 12.4 Å². The molecule has 0 saturated carbocycles. The minimum atomic E-state index is -1.07. The monoisotopic (exact) mass is 346 g/mol. The summed E-state index contributed by atoms with van der Waals surface area (Å²) in [6, 6.07) is 6.34. The Morgan fingerprint density at radius 2 is 2.04 bits per heavy atom. The van der Waals surface area contributed by atoms with E-state index in [1.54, 1.807) is 18.2 Å². The molecule has 0 fully saturated rings. The first-order chi connectivity index (χ1) is 11.9. The number of anilines is 1. The number of hydrogen-bond donors (Lipinski definition) is 3. The summed E-state index contributed by atoms with van der Waals surface area (Å²) < 4.78 is 5.05. The lowest BCUT2D eigenvalue weighted by atomic mass is 10.2. The van der Waals surface area contributed by atoms with Crippen molar-refractivity contribution in [1.29, 1.82) is 0 Å². The Morgan fingerprint density at radius 3 is 2.68 bits per heavy atom. The van der Waals surface area contributed by atoms with E-state index in [4.69, 9.17) is 4.74 Å². The van der Waals surface area contributed by atoms with Crippen molar-refractivity contribution in [3.63, 3.8) is 0 Å². The number of nitrogens with one attached hydrogen (secondary N) is 3. The zero-order valence-corrected chi connectivity index (χ0v) is 13.8. The normalized spacial score (nSPS) is 14.6. The summed E-state index contributed by atoms with van der Waals surface area (Å²) in [5.41, 5.74) is 3.03. The molecule has 3 N–H and O–H groups in total. The quantitative estimate of drug-likeness (QED) is 0.656. The van der Waals surface area contributed by atoms with Gasteiger partial charge in [-0.15, -0.1) is 0 Å². The van der Waals surface area contributed by atoms with E-state index in [1.807, 2.05) is 0 Å². The Balaban J connectivity index is 1.95. The Hall–Kier alpha value is -3.23. The second kappa shape index (κ2) is 8.04. The van der Waals surface area contributed by atoms with Crippen LogP contribution in [0.2, 0.25) is 0 Å². The van der Waals surface area contributed by atoms with E-state index in [-0.39, 0.29) is 30.4 Å². The molecule has 0 bridgehead atoms. The summed E-state index contributed by atoms with van der Waals surface area (Å²) in [4.78, 5) is 46.6. The van der Waals surface area contributed by atoms with Crippen LogP contribution in [0.3, 0.4) is 0 Å². The Bertz CT molecular complexity index is 744. The number of carbonyl (C=O) groups excluding carboxylic acids is 4. The zero-order valence-electron chi connectivity index (χ0n) is 13.8. The molecule has 132 valence electrons. The molecule has 1 atom stereocenters. The van der Waals surface area contributed by atoms with Crippen molar-refractivity contribution >= 4 is 35.1 Å². The van der Waals surface area contributed by atoms with Gasteiger partial charge >= 0.3 is 5.97 Å². The number of carbonyl (C=O) groups is 4. The van der Waals surface area contributed by atoms with E-state index < -0.39 is 18.0 Å². The van der Waals surface area contributed by atoms with Gasteiger partial charge in [0.25, 0.3) is 11.8 Å². The molecular weight excluding hydrogens is 328 g/mol. The van der Waals surface area contributed by atoms with Gasteiger partial charge in [-0.1, -0.05) is 6.07 Å². The fraction of sp³-hybridized carbons (Fsp3) is 0.312. The van der Waals surface area contributed by atoms with Gasteiger partial charge in [0.2, 0.25) is 5.91 Å². The van der Waals surface area contributed by atoms with Crippen molar-refractivity contribution < 1.29 is 23.9 Å². The van der Waals surface area contributed by atoms with E-state index in [9.17, 15) is 19.2 Å². The maximum Gasteiger partial charge on any atom is 0.355 e. The predicted molar refractivity (Wildman–Crippen MR) is 88.8 cm³/mol. The molecular formula is C16H18N4O5. The number of hydrogen-bond acceptors (Lipinski definition) is 6. The number of benzene rings is 1. The van der Waals surface area contributed by atoms with E-state index in [0.717, 1.165) is 0 Å². The summed E-state index contributed by atoms with van der Waals surface area (Å²) in [5.74, 6) is -1.88. The minimum absolute atomic E-state index is 0.0564. The van der Waals surface area contributed by atoms with Crippen LogP contribution in [0.1, 0.15) is 30.1 Å². The third-order valence-electron chi connectivity index (χ3n) is 3.41. The molecule has 9 nitrogen and oxygen atoms in total. The summed E-state index contributed by atoms with van der Waals surface area (Å²) in [6.45, 7) is 1.41. The molecule has 1 aliphatic heterocycles. The molecule has 1 aliphatic rings. The van der Waals surface area contributed by atoms with E-state index in [0.29, 0.717) is 11.3 Å². The molecule has 1 heterocycles. The van der Waals surface area contributed by atoms with Crippen LogP contribution < -0.4 is 16.1 Å². The van der Waals surface area contributed by atoms with Crippen LogP contribution in [0, 0.1) is 0 Å². The van der Waals surface area contributed by atoms with Crippen LogP contribution in [0.15, 0.2) is 29.4 Å². The van der Waals surface area contributed by atoms with Gasteiger partial charge in [-0.2, -0.15) is 5.10 Å². The number of nitrogens with zero attached hydrogens (tertiary/aromatic N) is 1. The zero-order chi connectivity index (χ0) is 18.4. The molecule has 25 heavy (non-hydrogen) atoms. The first-order valence-electron chi connectivity index (χ1n) is 7.60. The highest BCUT2D eigenvalue weighted by Gasteiger charge is 2.24. The fourth-order valence-corrected chi connectivity index (χ4v) is 2.03. The van der Waals surface area contributed by atoms with Crippen LogP contribution in [-0.4, -0.2) is 42.6 Å². The second-order valence-corrected chi connectivity index (χ2v) is 5.29. The highest BCUT2D eigenvalue weighted by molar-refractivity contribution is 6.37. The number of hydrazone groups is 1. The molecule has 0 aliphatic carbocycles. The average molecular weight is 346 g/mol. The highest BCUT2D eigenvalue weighted by atomic mass is 16.5. The molecule has 1 aromatic rings. The van der Waals surface area contributed by atoms with Crippen molar-refractivity contribution in [2.45, 2.75) is 25.9 Å². The van der Waals surface area contributed by atoms with Gasteiger partial charge in [0.05, 0.1) is 0 Å². The summed E-state index contributed by atoms with van der Waals surface area (Å²) >= 11 is 0. The molecule has 0 aromatic heterocycles. The lowest BCUT2D eigenvalue weighted by molar-refractivity contribution is -0.146. The largest absolute Gasteiger partial charge is 0.448 e. The molecule has 0 spiro atoms. The molecule has 0 radical (unpaired) electrons. The molecule has 9 heteroatoms. The van der Waals surface area contributed by atoms with Crippen molar-refractivity contribution in [3.8, 4) is 0 Å². The smallest absolute Gasteiger partial charge is 0.355 e. The van der Waals surface area contributed by atoms with E-state index in [2.05, 4.69) is 21.2 Å². The van der Waals surface area contributed by atoms with Crippen LogP contribution in [0.5, 0.6) is 0 Å². The minimum Gasteiger partial charge on any atom is -0.448 e. The second-order valence-electron chi connectivity index (χ2n) is 5.29. The predicted octanol–water partition coefficient (Wildman–Crippen LogP) is 0.182. The number of amides is 3. The topological polar surface area (TPSA) is 126 Å². The van der Waals surface area contributed by atoms with Crippen LogP contribution in [0.25, 0.3) is 0 Å². The summed E-state index contributed by atoms with van der Waals surface area (Å²) in [5, 5.41) is 8.67. The first-order valence-corrected chi connectivity index (χ1v) is 7.60. The SMILES string of the molecule is CNC(=O)c1cccc(NC(=O)C(C)OC(=O)C2=NNC(=O)CC2)c1. The van der Waals surface area contributed by atoms with Gasteiger partial charge in [0.1, 0.15) is 5.71 Å². The molecule has 1 unspecified atom stereocenters. The summed E-state index contributed by atoms with van der Waals surface area (Å²) in [6.07, 6.45) is -0.773. The van der Waals surface area contributed by atoms with Crippen molar-refractivity contribution in [1.82, 2.24) is 10.7 Å².